The summed E-state index contributed by atoms with van der Waals surface area (Å²) in [5.74, 6) is 1.29. The van der Waals surface area contributed by atoms with Crippen LogP contribution in [0.1, 0.15) is 11.4 Å². The number of thiophene rings is 1. The fourth-order valence-corrected chi connectivity index (χ4v) is 2.82. The monoisotopic (exact) mass is 301 g/mol. The number of nitrogens with one attached hydrogen (secondary N) is 2. The van der Waals surface area contributed by atoms with Gasteiger partial charge in [0.25, 0.3) is 5.56 Å². The number of benzene rings is 1. The van der Waals surface area contributed by atoms with Gasteiger partial charge in [-0.2, -0.15) is 0 Å². The van der Waals surface area contributed by atoms with E-state index >= 15 is 0 Å². The van der Waals surface area contributed by atoms with Gasteiger partial charge in [0.1, 0.15) is 22.9 Å². The van der Waals surface area contributed by atoms with Crippen LogP contribution in [0.4, 0.5) is 0 Å². The lowest BCUT2D eigenvalue weighted by Crippen LogP contribution is -2.12. The second kappa shape index (κ2) is 6.07. The lowest BCUT2D eigenvalue weighted by Gasteiger charge is -2.07. The SMILES string of the molecule is CNCc1cccc(OCc2nc3ccsc3c(=O)[nH]2)c1. The Bertz CT molecular complexity index is 810. The summed E-state index contributed by atoms with van der Waals surface area (Å²) in [6.07, 6.45) is 0. The molecule has 0 saturated heterocycles. The van der Waals surface area contributed by atoms with Crippen LogP contribution in [0.2, 0.25) is 0 Å². The molecule has 0 aliphatic rings. The number of ether oxygens (including phenoxy) is 1. The molecule has 0 aliphatic heterocycles. The van der Waals surface area contributed by atoms with Gasteiger partial charge in [0.2, 0.25) is 0 Å². The van der Waals surface area contributed by atoms with Crippen molar-refractivity contribution in [3.8, 4) is 5.75 Å². The van der Waals surface area contributed by atoms with E-state index in [0.29, 0.717) is 16.0 Å². The number of hydrogen-bond donors (Lipinski definition) is 2. The smallest absolute Gasteiger partial charge is 0.268 e. The second-order valence-corrected chi connectivity index (χ2v) is 5.53. The average molecular weight is 301 g/mol. The van der Waals surface area contributed by atoms with Gasteiger partial charge < -0.3 is 15.0 Å². The van der Waals surface area contributed by atoms with Crippen LogP contribution < -0.4 is 15.6 Å². The number of hydrogen-bond acceptors (Lipinski definition) is 5. The van der Waals surface area contributed by atoms with Crippen molar-refractivity contribution >= 4 is 21.6 Å². The maximum Gasteiger partial charge on any atom is 0.268 e. The topological polar surface area (TPSA) is 67.0 Å². The Morgan fingerprint density at radius 2 is 2.29 bits per heavy atom. The van der Waals surface area contributed by atoms with Crippen LogP contribution in [0.3, 0.4) is 0 Å². The molecule has 5 nitrogen and oxygen atoms in total. The fourth-order valence-electron chi connectivity index (χ4n) is 2.09. The molecule has 0 spiro atoms. The zero-order chi connectivity index (χ0) is 14.7. The van der Waals surface area contributed by atoms with E-state index in [1.54, 1.807) is 0 Å². The minimum atomic E-state index is -0.113. The highest BCUT2D eigenvalue weighted by Gasteiger charge is 2.05. The molecule has 1 aromatic carbocycles. The Labute approximate surface area is 125 Å². The van der Waals surface area contributed by atoms with Gasteiger partial charge in [-0.1, -0.05) is 12.1 Å². The summed E-state index contributed by atoms with van der Waals surface area (Å²) in [5, 5.41) is 4.96. The molecular formula is C15H15N3O2S. The summed E-state index contributed by atoms with van der Waals surface area (Å²) in [4.78, 5) is 19.0. The molecule has 3 aromatic rings. The Morgan fingerprint density at radius 3 is 3.14 bits per heavy atom. The fraction of sp³-hybridized carbons (Fsp3) is 0.200. The third kappa shape index (κ3) is 3.12. The van der Waals surface area contributed by atoms with Gasteiger partial charge in [0.15, 0.2) is 0 Å². The minimum absolute atomic E-state index is 0.113. The molecule has 3 rings (SSSR count). The first-order valence-electron chi connectivity index (χ1n) is 6.59. The van der Waals surface area contributed by atoms with E-state index in [0.717, 1.165) is 17.9 Å². The summed E-state index contributed by atoms with van der Waals surface area (Å²) in [5.41, 5.74) is 1.74. The van der Waals surface area contributed by atoms with Gasteiger partial charge in [-0.15, -0.1) is 11.3 Å². The van der Waals surface area contributed by atoms with E-state index in [1.807, 2.05) is 42.8 Å². The van der Waals surface area contributed by atoms with E-state index in [9.17, 15) is 4.79 Å². The van der Waals surface area contributed by atoms with Gasteiger partial charge in [-0.25, -0.2) is 4.98 Å². The Hall–Kier alpha value is -2.18. The Morgan fingerprint density at radius 1 is 1.38 bits per heavy atom. The van der Waals surface area contributed by atoms with Crippen LogP contribution in [-0.4, -0.2) is 17.0 Å². The highest BCUT2D eigenvalue weighted by molar-refractivity contribution is 7.17. The molecule has 0 radical (unpaired) electrons. The predicted molar refractivity (Wildman–Crippen MR) is 83.8 cm³/mol. The lowest BCUT2D eigenvalue weighted by molar-refractivity contribution is 0.295. The molecule has 2 N–H and O–H groups in total. The first-order chi connectivity index (χ1) is 10.3. The van der Waals surface area contributed by atoms with Crippen molar-refractivity contribution in [1.29, 1.82) is 0 Å². The summed E-state index contributed by atoms with van der Waals surface area (Å²) in [6, 6.07) is 9.67. The molecule has 0 aliphatic carbocycles. The Kier molecular flexibility index (Phi) is 3.98. The molecule has 0 unspecified atom stereocenters. The number of fused-ring (bicyclic) bond motifs is 1. The molecule has 0 amide bonds. The van der Waals surface area contributed by atoms with Crippen molar-refractivity contribution in [2.75, 3.05) is 7.05 Å². The first kappa shape index (κ1) is 13.8. The third-order valence-corrected chi connectivity index (χ3v) is 3.92. The van der Waals surface area contributed by atoms with Gasteiger partial charge in [-0.3, -0.25) is 4.79 Å². The number of H-pyrrole nitrogens is 1. The number of aromatic amines is 1. The van der Waals surface area contributed by atoms with Crippen molar-refractivity contribution in [2.45, 2.75) is 13.2 Å². The number of rotatable bonds is 5. The van der Waals surface area contributed by atoms with E-state index < -0.39 is 0 Å². The van der Waals surface area contributed by atoms with Gasteiger partial charge in [0, 0.05) is 6.54 Å². The van der Waals surface area contributed by atoms with E-state index in [1.165, 1.54) is 11.3 Å². The number of aromatic nitrogens is 2. The average Bonchev–Trinajstić information content (AvgIpc) is 2.95. The zero-order valence-electron chi connectivity index (χ0n) is 11.6. The van der Waals surface area contributed by atoms with Crippen molar-refractivity contribution in [3.63, 3.8) is 0 Å². The predicted octanol–water partition coefficient (Wildman–Crippen LogP) is 2.28. The van der Waals surface area contributed by atoms with Crippen LogP contribution in [0.5, 0.6) is 5.75 Å². The molecule has 2 heterocycles. The maximum atomic E-state index is 11.9. The highest BCUT2D eigenvalue weighted by Crippen LogP contribution is 2.16. The summed E-state index contributed by atoms with van der Waals surface area (Å²) >= 11 is 1.39. The normalized spacial score (nSPS) is 10.9. The van der Waals surface area contributed by atoms with Crippen molar-refractivity contribution in [3.05, 3.63) is 57.5 Å². The van der Waals surface area contributed by atoms with Crippen LogP contribution in [0, 0.1) is 0 Å². The summed E-state index contributed by atoms with van der Waals surface area (Å²) in [7, 11) is 1.90. The van der Waals surface area contributed by atoms with E-state index in [4.69, 9.17) is 4.74 Å². The molecule has 0 bridgehead atoms. The van der Waals surface area contributed by atoms with E-state index in [2.05, 4.69) is 15.3 Å². The Balaban J connectivity index is 1.76. The maximum absolute atomic E-state index is 11.9. The quantitative estimate of drug-likeness (QED) is 0.759. The van der Waals surface area contributed by atoms with Crippen molar-refractivity contribution in [1.82, 2.24) is 15.3 Å². The molecule has 0 fully saturated rings. The highest BCUT2D eigenvalue weighted by atomic mass is 32.1. The van der Waals surface area contributed by atoms with Crippen LogP contribution in [-0.2, 0) is 13.2 Å². The standard InChI is InChI=1S/C15H15N3O2S/c1-16-8-10-3-2-4-11(7-10)20-9-13-17-12-5-6-21-14(12)15(19)18-13/h2-7,16H,8-9H2,1H3,(H,17,18,19). The van der Waals surface area contributed by atoms with Crippen molar-refractivity contribution < 1.29 is 4.74 Å². The van der Waals surface area contributed by atoms with Crippen LogP contribution >= 0.6 is 11.3 Å². The molecule has 21 heavy (non-hydrogen) atoms. The molecule has 0 saturated carbocycles. The van der Waals surface area contributed by atoms with Gasteiger partial charge in [0.05, 0.1) is 5.52 Å². The van der Waals surface area contributed by atoms with Gasteiger partial charge >= 0.3 is 0 Å². The second-order valence-electron chi connectivity index (χ2n) is 4.61. The largest absolute Gasteiger partial charge is 0.486 e. The molecule has 2 aromatic heterocycles. The molecular weight excluding hydrogens is 286 g/mol. The van der Waals surface area contributed by atoms with Crippen LogP contribution in [0.25, 0.3) is 10.2 Å². The molecule has 6 heteroatoms. The third-order valence-electron chi connectivity index (χ3n) is 3.02. The first-order valence-corrected chi connectivity index (χ1v) is 7.47. The number of nitrogens with zero attached hydrogens (tertiary/aromatic N) is 1. The minimum Gasteiger partial charge on any atom is -0.486 e. The van der Waals surface area contributed by atoms with Crippen LogP contribution in [0.15, 0.2) is 40.5 Å². The summed E-state index contributed by atoms with van der Waals surface area (Å²) < 4.78 is 6.35. The molecule has 0 atom stereocenters. The lowest BCUT2D eigenvalue weighted by atomic mass is 10.2. The zero-order valence-corrected chi connectivity index (χ0v) is 12.4. The van der Waals surface area contributed by atoms with E-state index in [-0.39, 0.29) is 12.2 Å². The van der Waals surface area contributed by atoms with Crippen molar-refractivity contribution in [2.24, 2.45) is 0 Å². The summed E-state index contributed by atoms with van der Waals surface area (Å²) in [6.45, 7) is 1.02. The van der Waals surface area contributed by atoms with Gasteiger partial charge in [-0.05, 0) is 36.2 Å². The molecule has 108 valence electrons.